The van der Waals surface area contributed by atoms with Crippen LogP contribution in [0.1, 0.15) is 2.85 Å². The van der Waals surface area contributed by atoms with Crippen LogP contribution in [0.4, 0.5) is 43.9 Å². The van der Waals surface area contributed by atoms with Crippen molar-refractivity contribution in [3.05, 3.63) is 0 Å². The van der Waals surface area contributed by atoms with E-state index < -0.39 is 31.0 Å². The van der Waals surface area contributed by atoms with E-state index in [1.807, 2.05) is 0 Å². The fourth-order valence-electron chi connectivity index (χ4n) is 0.520. The van der Waals surface area contributed by atoms with Gasteiger partial charge in [-0.25, -0.2) is 0 Å². The van der Waals surface area contributed by atoms with Gasteiger partial charge in [0.15, 0.2) is 0 Å². The standard InChI is InChI=1S/C4HF10O2P.Mg.2H/c5-1(6,7)3(11,12)17(15,16)4(13,14)2(8,9)10;;;/h(H,15,16);;;/q;+2;2*-1. The molecule has 0 aliphatic carbocycles. The Labute approximate surface area is 111 Å². The molecule has 0 amide bonds. The van der Waals surface area contributed by atoms with E-state index in [-0.39, 0.29) is 25.9 Å². The minimum atomic E-state index is -8.26. The summed E-state index contributed by atoms with van der Waals surface area (Å²) in [6, 6.07) is 0. The maximum Gasteiger partial charge on any atom is 2.00 e. The summed E-state index contributed by atoms with van der Waals surface area (Å²) in [5, 5.41) is 0. The van der Waals surface area contributed by atoms with Crippen LogP contribution in [-0.4, -0.2) is 51.6 Å². The molecule has 2 nitrogen and oxygen atoms in total. The number of hydrogen-bond acceptors (Lipinski definition) is 1. The van der Waals surface area contributed by atoms with Gasteiger partial charge in [-0.15, -0.1) is 0 Å². The monoisotopic (exact) mass is 328 g/mol. The molecule has 0 rings (SSSR count). The first kappa shape index (κ1) is 20.6. The normalized spacial score (nSPS) is 15.3. The third-order valence-corrected chi connectivity index (χ3v) is 3.47. The van der Waals surface area contributed by atoms with Crippen molar-refractivity contribution in [3.63, 3.8) is 0 Å². The number of hydrogen-bond donors (Lipinski definition) is 1. The zero-order valence-corrected chi connectivity index (χ0v) is 10.1. The molecule has 0 aromatic rings. The van der Waals surface area contributed by atoms with Crippen molar-refractivity contribution in [1.82, 2.24) is 0 Å². The van der Waals surface area contributed by atoms with Crippen LogP contribution in [0.15, 0.2) is 0 Å². The molecule has 18 heavy (non-hydrogen) atoms. The predicted octanol–water partition coefficient (Wildman–Crippen LogP) is 3.41. The molecule has 0 saturated heterocycles. The van der Waals surface area contributed by atoms with Crippen LogP contribution >= 0.6 is 7.37 Å². The Morgan fingerprint density at radius 3 is 1.00 bits per heavy atom. The zero-order valence-electron chi connectivity index (χ0n) is 9.79. The molecule has 0 aliphatic rings. The summed E-state index contributed by atoms with van der Waals surface area (Å²) in [5.74, 6) is 0. The SMILES string of the molecule is O=P(O)(C(F)(F)C(F)(F)F)C(F)(F)C(F)(F)F.[H-].[H-].[Mg+2]. The first-order chi connectivity index (χ1) is 7.00. The van der Waals surface area contributed by atoms with Gasteiger partial charge in [0.1, 0.15) is 0 Å². The third kappa shape index (κ3) is 2.88. The van der Waals surface area contributed by atoms with Crippen molar-refractivity contribution >= 4 is 30.4 Å². The summed E-state index contributed by atoms with van der Waals surface area (Å²) < 4.78 is 127. The molecule has 0 bridgehead atoms. The van der Waals surface area contributed by atoms with Crippen molar-refractivity contribution in [1.29, 1.82) is 0 Å². The molecule has 0 atom stereocenters. The average molecular weight is 328 g/mol. The summed E-state index contributed by atoms with van der Waals surface area (Å²) in [4.78, 5) is 7.86. The second-order valence-corrected chi connectivity index (χ2v) is 4.93. The first-order valence-electron chi connectivity index (χ1n) is 3.22. The largest absolute Gasteiger partial charge is 2.00 e. The fourth-order valence-corrected chi connectivity index (χ4v) is 1.56. The van der Waals surface area contributed by atoms with Crippen molar-refractivity contribution < 1.29 is 56.2 Å². The third-order valence-electron chi connectivity index (χ3n) is 1.44. The van der Waals surface area contributed by atoms with Crippen LogP contribution in [-0.2, 0) is 4.57 Å². The quantitative estimate of drug-likeness (QED) is 0.479. The van der Waals surface area contributed by atoms with E-state index in [2.05, 4.69) is 0 Å². The van der Waals surface area contributed by atoms with E-state index in [0.717, 1.165) is 0 Å². The molecule has 0 heterocycles. The van der Waals surface area contributed by atoms with Crippen LogP contribution < -0.4 is 0 Å². The van der Waals surface area contributed by atoms with Crippen LogP contribution in [0.3, 0.4) is 0 Å². The van der Waals surface area contributed by atoms with Gasteiger partial charge in [-0.05, 0) is 0 Å². The maximum atomic E-state index is 12.1. The molecular formula is C4H3F10MgO2P. The molecule has 0 unspecified atom stereocenters. The Morgan fingerprint density at radius 2 is 0.889 bits per heavy atom. The van der Waals surface area contributed by atoms with Gasteiger partial charge >= 0.3 is 54.1 Å². The van der Waals surface area contributed by atoms with Crippen LogP contribution in [0.25, 0.3) is 0 Å². The topological polar surface area (TPSA) is 37.3 Å². The summed E-state index contributed by atoms with van der Waals surface area (Å²) in [7, 11) is -8.26. The van der Waals surface area contributed by atoms with Gasteiger partial charge in [-0.2, -0.15) is 43.9 Å². The molecule has 0 aromatic carbocycles. The van der Waals surface area contributed by atoms with E-state index in [4.69, 9.17) is 4.89 Å². The van der Waals surface area contributed by atoms with Crippen molar-refractivity contribution in [3.8, 4) is 0 Å². The van der Waals surface area contributed by atoms with Gasteiger partial charge < -0.3 is 7.75 Å². The summed E-state index contributed by atoms with van der Waals surface area (Å²) in [6.45, 7) is 0. The molecule has 0 aliphatic heterocycles. The Morgan fingerprint density at radius 1 is 0.722 bits per heavy atom. The van der Waals surface area contributed by atoms with E-state index in [1.54, 1.807) is 0 Å². The van der Waals surface area contributed by atoms with Gasteiger partial charge in [-0.3, -0.25) is 4.57 Å². The second kappa shape index (κ2) is 4.98. The van der Waals surface area contributed by atoms with Gasteiger partial charge in [-0.1, -0.05) is 0 Å². The molecule has 108 valence electrons. The second-order valence-electron chi connectivity index (χ2n) is 2.65. The maximum absolute atomic E-state index is 12.1. The molecule has 1 N–H and O–H groups in total. The summed E-state index contributed by atoms with van der Waals surface area (Å²) in [6.07, 6.45) is -14.0. The zero-order chi connectivity index (χ0) is 14.5. The van der Waals surface area contributed by atoms with E-state index in [1.165, 1.54) is 0 Å². The van der Waals surface area contributed by atoms with Crippen molar-refractivity contribution in [2.24, 2.45) is 0 Å². The first-order valence-corrected chi connectivity index (χ1v) is 4.88. The van der Waals surface area contributed by atoms with Crippen LogP contribution in [0.5, 0.6) is 0 Å². The Hall–Kier alpha value is 0.256. The van der Waals surface area contributed by atoms with Crippen molar-refractivity contribution in [2.75, 3.05) is 0 Å². The summed E-state index contributed by atoms with van der Waals surface area (Å²) >= 11 is 0. The summed E-state index contributed by atoms with van der Waals surface area (Å²) in [5.41, 5.74) is -14.2. The Kier molecular flexibility index (Phi) is 5.69. The Bertz CT molecular complexity index is 324. The van der Waals surface area contributed by atoms with E-state index >= 15 is 0 Å². The van der Waals surface area contributed by atoms with Gasteiger partial charge in [0.25, 0.3) is 0 Å². The number of alkyl halides is 10. The molecule has 14 heteroatoms. The molecule has 0 saturated carbocycles. The average Bonchev–Trinajstić information content (AvgIpc) is 1.98. The molecule has 0 spiro atoms. The fraction of sp³-hybridized carbons (Fsp3) is 1.00. The van der Waals surface area contributed by atoms with Gasteiger partial charge in [0.2, 0.25) is 0 Å². The minimum Gasteiger partial charge on any atom is -1.00 e. The van der Waals surface area contributed by atoms with Crippen LogP contribution in [0, 0.1) is 0 Å². The van der Waals surface area contributed by atoms with Crippen LogP contribution in [0.2, 0.25) is 0 Å². The van der Waals surface area contributed by atoms with Gasteiger partial charge in [0.05, 0.1) is 0 Å². The Balaban J connectivity index is -0.000000427. The molecule has 0 radical (unpaired) electrons. The number of rotatable bonds is 2. The molecule has 0 aromatic heterocycles. The van der Waals surface area contributed by atoms with Gasteiger partial charge in [0, 0.05) is 0 Å². The number of halogens is 10. The van der Waals surface area contributed by atoms with Crippen molar-refractivity contribution in [2.45, 2.75) is 23.7 Å². The predicted molar refractivity (Wildman–Crippen MR) is 39.8 cm³/mol. The smallest absolute Gasteiger partial charge is 1.00 e. The van der Waals surface area contributed by atoms with E-state index in [9.17, 15) is 48.5 Å². The molecule has 0 fully saturated rings. The van der Waals surface area contributed by atoms with E-state index in [0.29, 0.717) is 0 Å². The molecular weight excluding hydrogens is 325 g/mol. The minimum absolute atomic E-state index is 0.